The summed E-state index contributed by atoms with van der Waals surface area (Å²) < 4.78 is 8.28. The van der Waals surface area contributed by atoms with Gasteiger partial charge >= 0.3 is 140 Å². The van der Waals surface area contributed by atoms with Crippen LogP contribution in [0, 0.1) is 0 Å². The molecule has 1 N–H and O–H groups in total. The van der Waals surface area contributed by atoms with Gasteiger partial charge < -0.3 is 0 Å². The van der Waals surface area contributed by atoms with Crippen LogP contribution < -0.4 is 8.35 Å². The van der Waals surface area contributed by atoms with Crippen molar-refractivity contribution in [3.8, 4) is 11.5 Å². The summed E-state index contributed by atoms with van der Waals surface area (Å²) in [5.41, 5.74) is 0. The molecule has 0 aliphatic carbocycles. The van der Waals surface area contributed by atoms with Crippen LogP contribution in [0.15, 0.2) is 18.2 Å². The molecule has 21 heavy (non-hydrogen) atoms. The average Bonchev–Trinajstić information content (AvgIpc) is 2.49. The molecule has 3 heteroatoms. The van der Waals surface area contributed by atoms with Crippen molar-refractivity contribution in [2.75, 3.05) is 6.61 Å². The predicted octanol–water partition coefficient (Wildman–Crippen LogP) is 4.68. The zero-order chi connectivity index (χ0) is 15.3. The fourth-order valence-corrected chi connectivity index (χ4v) is 5.35. The second-order valence-corrected chi connectivity index (χ2v) is 8.58. The van der Waals surface area contributed by atoms with E-state index in [-0.39, 0.29) is 20.9 Å². The van der Waals surface area contributed by atoms with Crippen LogP contribution in [0.1, 0.15) is 65.2 Å². The predicted molar refractivity (Wildman–Crippen MR) is 92.1 cm³/mol. The van der Waals surface area contributed by atoms with Crippen LogP contribution >= 0.6 is 0 Å². The molecule has 0 unspecified atom stereocenters. The third-order valence-electron chi connectivity index (χ3n) is 3.46. The summed E-state index contributed by atoms with van der Waals surface area (Å²) in [7, 11) is 0. The Morgan fingerprint density at radius 1 is 0.952 bits per heavy atom. The fourth-order valence-electron chi connectivity index (χ4n) is 2.15. The van der Waals surface area contributed by atoms with E-state index in [1.165, 1.54) is 49.4 Å². The van der Waals surface area contributed by atoms with Gasteiger partial charge in [-0.15, -0.1) is 0 Å². The SMILES string of the molecule is CCCCCCCCOc1cccc(O)c1[Te]CCCC. The minimum absolute atomic E-state index is 0.322. The van der Waals surface area contributed by atoms with Gasteiger partial charge in [-0.05, 0) is 0 Å². The summed E-state index contributed by atoms with van der Waals surface area (Å²) in [6.45, 7) is 5.24. The zero-order valence-electron chi connectivity index (χ0n) is 13.6. The van der Waals surface area contributed by atoms with Crippen molar-refractivity contribution >= 4 is 24.5 Å². The number of benzene rings is 1. The van der Waals surface area contributed by atoms with E-state index in [4.69, 9.17) is 4.74 Å². The van der Waals surface area contributed by atoms with Crippen molar-refractivity contribution in [3.05, 3.63) is 18.2 Å². The first-order chi connectivity index (χ1) is 10.3. The Morgan fingerprint density at radius 3 is 2.43 bits per heavy atom. The molecule has 0 radical (unpaired) electrons. The zero-order valence-corrected chi connectivity index (χ0v) is 15.9. The van der Waals surface area contributed by atoms with E-state index >= 15 is 0 Å². The van der Waals surface area contributed by atoms with Gasteiger partial charge in [0.1, 0.15) is 0 Å². The van der Waals surface area contributed by atoms with E-state index in [0.717, 1.165) is 22.4 Å². The van der Waals surface area contributed by atoms with Crippen LogP contribution in [0.2, 0.25) is 4.47 Å². The molecule has 0 bridgehead atoms. The Labute approximate surface area is 140 Å². The molecular weight excluding hydrogens is 376 g/mol. The van der Waals surface area contributed by atoms with E-state index < -0.39 is 0 Å². The van der Waals surface area contributed by atoms with Gasteiger partial charge in [0.25, 0.3) is 0 Å². The first-order valence-electron chi connectivity index (χ1n) is 8.37. The number of aromatic hydroxyl groups is 1. The molecule has 0 aromatic heterocycles. The van der Waals surface area contributed by atoms with Crippen LogP contribution in [-0.2, 0) is 0 Å². The third kappa shape index (κ3) is 7.98. The molecule has 1 aromatic carbocycles. The molecule has 0 aliphatic rings. The summed E-state index contributed by atoms with van der Waals surface area (Å²) in [5.74, 6) is 1.37. The van der Waals surface area contributed by atoms with Crippen LogP contribution in [0.4, 0.5) is 0 Å². The standard InChI is InChI=1S/C18H30O2Te/c1-3-5-7-8-9-10-14-20-17-13-11-12-16(19)18(17)21-15-6-4-2/h11-13,19H,3-10,14-15H2,1-2H3. The van der Waals surface area contributed by atoms with Gasteiger partial charge in [-0.1, -0.05) is 0 Å². The second kappa shape index (κ2) is 12.2. The van der Waals surface area contributed by atoms with Gasteiger partial charge in [-0.3, -0.25) is 0 Å². The van der Waals surface area contributed by atoms with Crippen molar-refractivity contribution in [3.63, 3.8) is 0 Å². The molecule has 1 rings (SSSR count). The van der Waals surface area contributed by atoms with E-state index in [0.29, 0.717) is 5.75 Å². The number of unbranched alkanes of at least 4 members (excludes halogenated alkanes) is 6. The van der Waals surface area contributed by atoms with E-state index in [9.17, 15) is 5.11 Å². The second-order valence-electron chi connectivity index (χ2n) is 5.42. The fraction of sp³-hybridized carbons (Fsp3) is 0.667. The summed E-state index contributed by atoms with van der Waals surface area (Å²) in [5, 5.41) is 10.0. The summed E-state index contributed by atoms with van der Waals surface area (Å²) >= 11 is -0.322. The first-order valence-corrected chi connectivity index (χ1v) is 11.2. The molecule has 2 nitrogen and oxygen atoms in total. The Balaban J connectivity index is 2.34. The minimum atomic E-state index is -0.322. The Bertz CT molecular complexity index is 379. The van der Waals surface area contributed by atoms with Crippen LogP contribution in [0.5, 0.6) is 11.5 Å². The van der Waals surface area contributed by atoms with Crippen molar-refractivity contribution < 1.29 is 9.84 Å². The molecule has 0 atom stereocenters. The van der Waals surface area contributed by atoms with Crippen LogP contribution in [0.25, 0.3) is 0 Å². The van der Waals surface area contributed by atoms with Crippen molar-refractivity contribution in [1.82, 2.24) is 0 Å². The molecule has 0 heterocycles. The van der Waals surface area contributed by atoms with Gasteiger partial charge in [-0.2, -0.15) is 0 Å². The van der Waals surface area contributed by atoms with Gasteiger partial charge in [0.15, 0.2) is 0 Å². The van der Waals surface area contributed by atoms with Crippen molar-refractivity contribution in [2.45, 2.75) is 69.7 Å². The monoisotopic (exact) mass is 408 g/mol. The van der Waals surface area contributed by atoms with Crippen molar-refractivity contribution in [2.24, 2.45) is 0 Å². The maximum absolute atomic E-state index is 10.0. The third-order valence-corrected chi connectivity index (χ3v) is 6.86. The van der Waals surface area contributed by atoms with Crippen LogP contribution in [-0.4, -0.2) is 32.6 Å². The molecule has 0 fully saturated rings. The normalized spacial score (nSPS) is 10.8. The summed E-state index contributed by atoms with van der Waals surface area (Å²) in [4.78, 5) is 0. The number of phenols is 1. The van der Waals surface area contributed by atoms with Crippen molar-refractivity contribution in [1.29, 1.82) is 0 Å². The van der Waals surface area contributed by atoms with Crippen LogP contribution in [0.3, 0.4) is 0 Å². The topological polar surface area (TPSA) is 29.5 Å². The molecule has 0 saturated heterocycles. The molecule has 0 spiro atoms. The van der Waals surface area contributed by atoms with Gasteiger partial charge in [0.2, 0.25) is 0 Å². The number of phenolic OH excluding ortho intramolecular Hbond substituents is 1. The van der Waals surface area contributed by atoms with E-state index in [2.05, 4.69) is 13.8 Å². The molecular formula is C18H30O2Te. The quantitative estimate of drug-likeness (QED) is 0.404. The summed E-state index contributed by atoms with van der Waals surface area (Å²) in [6.07, 6.45) is 10.2. The molecule has 0 aliphatic heterocycles. The van der Waals surface area contributed by atoms with Gasteiger partial charge in [0.05, 0.1) is 0 Å². The number of hydrogen-bond acceptors (Lipinski definition) is 2. The molecule has 0 amide bonds. The van der Waals surface area contributed by atoms with Gasteiger partial charge in [0, 0.05) is 0 Å². The average molecular weight is 406 g/mol. The Hall–Kier alpha value is -0.390. The molecule has 1 aromatic rings. The molecule has 120 valence electrons. The first kappa shape index (κ1) is 18.7. The Morgan fingerprint density at radius 2 is 1.67 bits per heavy atom. The van der Waals surface area contributed by atoms with Gasteiger partial charge in [-0.25, -0.2) is 0 Å². The number of hydrogen-bond donors (Lipinski definition) is 1. The maximum atomic E-state index is 10.0. The number of ether oxygens (including phenoxy) is 1. The van der Waals surface area contributed by atoms with E-state index in [1.807, 2.05) is 12.1 Å². The number of rotatable bonds is 12. The summed E-state index contributed by atoms with van der Waals surface area (Å²) in [6, 6.07) is 5.70. The van der Waals surface area contributed by atoms with E-state index in [1.54, 1.807) is 6.07 Å². The molecule has 0 saturated carbocycles. The Kier molecular flexibility index (Phi) is 10.8.